The number of halogens is 1. The largest absolute Gasteiger partial charge is 0.479 e. The van der Waals surface area contributed by atoms with Gasteiger partial charge in [0.05, 0.1) is 0 Å². The zero-order valence-electron chi connectivity index (χ0n) is 6.07. The fourth-order valence-electron chi connectivity index (χ4n) is 0.830. The van der Waals surface area contributed by atoms with Gasteiger partial charge in [-0.15, -0.1) is 0 Å². The molecule has 1 rings (SSSR count). The van der Waals surface area contributed by atoms with E-state index >= 15 is 0 Å². The third kappa shape index (κ3) is 1.84. The van der Waals surface area contributed by atoms with Gasteiger partial charge in [0.2, 0.25) is 0 Å². The summed E-state index contributed by atoms with van der Waals surface area (Å²) in [6.45, 7) is 0. The predicted octanol–water partition coefficient (Wildman–Crippen LogP) is 1.57. The number of aliphatic carboxylic acids is 1. The van der Waals surface area contributed by atoms with Crippen molar-refractivity contribution < 1.29 is 15.0 Å². The minimum absolute atomic E-state index is 0.366. The zero-order valence-corrected chi connectivity index (χ0v) is 7.65. The van der Waals surface area contributed by atoms with Gasteiger partial charge in [0.15, 0.2) is 6.10 Å². The number of hydrogen-bond donors (Lipinski definition) is 2. The molecule has 4 heteroatoms. The van der Waals surface area contributed by atoms with Crippen LogP contribution in [0.3, 0.4) is 0 Å². The molecule has 1 atom stereocenters. The van der Waals surface area contributed by atoms with Crippen LogP contribution < -0.4 is 0 Å². The highest BCUT2D eigenvalue weighted by Crippen LogP contribution is 2.22. The van der Waals surface area contributed by atoms with Crippen molar-refractivity contribution in [2.24, 2.45) is 0 Å². The lowest BCUT2D eigenvalue weighted by Crippen LogP contribution is -2.10. The monoisotopic (exact) mass is 230 g/mol. The number of benzene rings is 1. The molecule has 0 amide bonds. The Bertz CT molecular complexity index is 298. The number of carboxylic acids is 1. The van der Waals surface area contributed by atoms with E-state index in [0.717, 1.165) is 0 Å². The maximum atomic E-state index is 10.4. The third-order valence-electron chi connectivity index (χ3n) is 1.43. The molecule has 64 valence electrons. The number of aliphatic hydroxyl groups excluding tert-OH is 1. The van der Waals surface area contributed by atoms with Crippen molar-refractivity contribution in [3.8, 4) is 0 Å². The second-order valence-electron chi connectivity index (χ2n) is 2.26. The molecule has 0 fully saturated rings. The Morgan fingerprint density at radius 2 is 2.00 bits per heavy atom. The van der Waals surface area contributed by atoms with Crippen molar-refractivity contribution >= 4 is 21.9 Å². The van der Waals surface area contributed by atoms with Crippen molar-refractivity contribution in [3.05, 3.63) is 34.3 Å². The minimum Gasteiger partial charge on any atom is -0.479 e. The van der Waals surface area contributed by atoms with Gasteiger partial charge in [0.25, 0.3) is 0 Å². The van der Waals surface area contributed by atoms with Crippen LogP contribution in [0.25, 0.3) is 0 Å². The first-order valence-corrected chi connectivity index (χ1v) is 4.07. The highest BCUT2D eigenvalue weighted by molar-refractivity contribution is 9.10. The number of aliphatic hydroxyl groups is 1. The van der Waals surface area contributed by atoms with Crippen molar-refractivity contribution in [1.29, 1.82) is 0 Å². The van der Waals surface area contributed by atoms with Crippen LogP contribution in [-0.2, 0) is 4.79 Å². The van der Waals surface area contributed by atoms with Crippen LogP contribution in [0.15, 0.2) is 28.7 Å². The van der Waals surface area contributed by atoms with E-state index < -0.39 is 12.1 Å². The molecule has 0 heterocycles. The molecular formula is C8H7BrO3. The summed E-state index contributed by atoms with van der Waals surface area (Å²) >= 11 is 3.14. The smallest absolute Gasteiger partial charge is 0.337 e. The molecule has 0 unspecified atom stereocenters. The molecule has 0 aliphatic heterocycles. The Hall–Kier alpha value is -0.870. The molecule has 0 saturated carbocycles. The van der Waals surface area contributed by atoms with Gasteiger partial charge in [-0.05, 0) is 6.07 Å². The standard InChI is InChI=1S/C8H7BrO3/c9-6-4-2-1-3-5(6)7(10)8(11)12/h1-4,7,10H,(H,11,12)/t7-/m0/s1. The molecule has 0 aliphatic rings. The summed E-state index contributed by atoms with van der Waals surface area (Å²) in [7, 11) is 0. The van der Waals surface area contributed by atoms with Crippen LogP contribution in [0.5, 0.6) is 0 Å². The Morgan fingerprint density at radius 3 is 2.50 bits per heavy atom. The first kappa shape index (κ1) is 9.22. The Morgan fingerprint density at radius 1 is 1.42 bits per heavy atom. The van der Waals surface area contributed by atoms with E-state index in [0.29, 0.717) is 10.0 Å². The molecular weight excluding hydrogens is 224 g/mol. The van der Waals surface area contributed by atoms with Gasteiger partial charge in [-0.25, -0.2) is 4.79 Å². The first-order valence-electron chi connectivity index (χ1n) is 3.28. The molecule has 12 heavy (non-hydrogen) atoms. The zero-order chi connectivity index (χ0) is 9.14. The molecule has 1 aromatic rings. The summed E-state index contributed by atoms with van der Waals surface area (Å²) in [5.74, 6) is -1.25. The van der Waals surface area contributed by atoms with Crippen LogP contribution >= 0.6 is 15.9 Å². The predicted molar refractivity (Wildman–Crippen MR) is 46.7 cm³/mol. The molecule has 0 saturated heterocycles. The van der Waals surface area contributed by atoms with Gasteiger partial charge in [-0.1, -0.05) is 34.1 Å². The highest BCUT2D eigenvalue weighted by Gasteiger charge is 2.17. The summed E-state index contributed by atoms with van der Waals surface area (Å²) in [4.78, 5) is 10.4. The minimum atomic E-state index is -1.46. The quantitative estimate of drug-likeness (QED) is 0.812. The van der Waals surface area contributed by atoms with E-state index in [9.17, 15) is 4.79 Å². The van der Waals surface area contributed by atoms with Crippen molar-refractivity contribution in [2.45, 2.75) is 6.10 Å². The lowest BCUT2D eigenvalue weighted by Gasteiger charge is -2.06. The van der Waals surface area contributed by atoms with Crippen LogP contribution in [0.4, 0.5) is 0 Å². The normalized spacial score (nSPS) is 12.5. The Balaban J connectivity index is 3.02. The number of carboxylic acid groups (broad SMARTS) is 1. The number of rotatable bonds is 2. The molecule has 0 radical (unpaired) electrons. The molecule has 0 bridgehead atoms. The highest BCUT2D eigenvalue weighted by atomic mass is 79.9. The molecule has 0 aliphatic carbocycles. The van der Waals surface area contributed by atoms with E-state index in [-0.39, 0.29) is 0 Å². The number of hydrogen-bond acceptors (Lipinski definition) is 2. The van der Waals surface area contributed by atoms with Crippen molar-refractivity contribution in [2.75, 3.05) is 0 Å². The van der Waals surface area contributed by atoms with Crippen molar-refractivity contribution in [1.82, 2.24) is 0 Å². The summed E-state index contributed by atoms with van der Waals surface area (Å²) < 4.78 is 0.597. The van der Waals surface area contributed by atoms with E-state index in [1.54, 1.807) is 24.3 Å². The average Bonchev–Trinajstić information content (AvgIpc) is 2.04. The van der Waals surface area contributed by atoms with Gasteiger partial charge in [-0.3, -0.25) is 0 Å². The van der Waals surface area contributed by atoms with Crippen LogP contribution in [-0.4, -0.2) is 16.2 Å². The lowest BCUT2D eigenvalue weighted by molar-refractivity contribution is -0.147. The van der Waals surface area contributed by atoms with E-state index in [1.807, 2.05) is 0 Å². The third-order valence-corrected chi connectivity index (χ3v) is 2.16. The Kier molecular flexibility index (Phi) is 2.83. The van der Waals surface area contributed by atoms with E-state index in [4.69, 9.17) is 10.2 Å². The fraction of sp³-hybridized carbons (Fsp3) is 0.125. The second kappa shape index (κ2) is 3.69. The maximum absolute atomic E-state index is 10.4. The summed E-state index contributed by atoms with van der Waals surface area (Å²) in [6.07, 6.45) is -1.46. The molecule has 0 aromatic heterocycles. The van der Waals surface area contributed by atoms with Gasteiger partial charge in [0, 0.05) is 10.0 Å². The van der Waals surface area contributed by atoms with Crippen LogP contribution in [0.1, 0.15) is 11.7 Å². The summed E-state index contributed by atoms with van der Waals surface area (Å²) in [5, 5.41) is 17.6. The first-order chi connectivity index (χ1) is 5.63. The second-order valence-corrected chi connectivity index (χ2v) is 3.12. The number of carbonyl (C=O) groups is 1. The van der Waals surface area contributed by atoms with Crippen LogP contribution in [0, 0.1) is 0 Å². The van der Waals surface area contributed by atoms with E-state index in [2.05, 4.69) is 15.9 Å². The van der Waals surface area contributed by atoms with Crippen molar-refractivity contribution in [3.63, 3.8) is 0 Å². The summed E-state index contributed by atoms with van der Waals surface area (Å²) in [6, 6.07) is 6.67. The fourth-order valence-corrected chi connectivity index (χ4v) is 1.33. The van der Waals surface area contributed by atoms with Crippen LogP contribution in [0.2, 0.25) is 0 Å². The van der Waals surface area contributed by atoms with E-state index in [1.165, 1.54) is 0 Å². The SMILES string of the molecule is O=C(O)[C@@H](O)c1ccccc1Br. The molecule has 2 N–H and O–H groups in total. The summed E-state index contributed by atoms with van der Waals surface area (Å²) in [5.41, 5.74) is 0.366. The van der Waals surface area contributed by atoms with Gasteiger partial charge in [0.1, 0.15) is 0 Å². The molecule has 0 spiro atoms. The lowest BCUT2D eigenvalue weighted by atomic mass is 10.1. The van der Waals surface area contributed by atoms with Gasteiger partial charge in [-0.2, -0.15) is 0 Å². The Labute approximate surface area is 77.8 Å². The average molecular weight is 231 g/mol. The molecule has 1 aromatic carbocycles. The van der Waals surface area contributed by atoms with Gasteiger partial charge >= 0.3 is 5.97 Å². The maximum Gasteiger partial charge on any atom is 0.337 e. The van der Waals surface area contributed by atoms with Gasteiger partial charge < -0.3 is 10.2 Å². The molecule has 3 nitrogen and oxygen atoms in total. The topological polar surface area (TPSA) is 57.5 Å².